The maximum absolute atomic E-state index is 9.66. The molecule has 1 rings (SSSR count). The number of aliphatic hydroxyl groups is 1. The van der Waals surface area contributed by atoms with Crippen molar-refractivity contribution in [1.82, 2.24) is 4.98 Å². The Morgan fingerprint density at radius 1 is 1.35 bits per heavy atom. The van der Waals surface area contributed by atoms with E-state index < -0.39 is 6.10 Å². The minimum atomic E-state index is -0.440. The first kappa shape index (κ1) is 14.0. The van der Waals surface area contributed by atoms with Crippen LogP contribution in [0.1, 0.15) is 45.4 Å². The largest absolute Gasteiger partial charge is 0.387 e. The van der Waals surface area contributed by atoms with Crippen molar-refractivity contribution in [2.24, 2.45) is 5.92 Å². The fourth-order valence-electron chi connectivity index (χ4n) is 1.61. The van der Waals surface area contributed by atoms with E-state index in [1.165, 1.54) is 6.42 Å². The zero-order chi connectivity index (χ0) is 12.8. The van der Waals surface area contributed by atoms with Gasteiger partial charge in [0.2, 0.25) is 0 Å². The number of hydrogen-bond acceptors (Lipinski definition) is 3. The van der Waals surface area contributed by atoms with Crippen molar-refractivity contribution < 1.29 is 5.11 Å². The molecule has 0 spiro atoms. The van der Waals surface area contributed by atoms with E-state index in [1.807, 2.05) is 25.3 Å². The number of hydrogen-bond donors (Lipinski definition) is 1. The van der Waals surface area contributed by atoms with Gasteiger partial charge in [-0.25, -0.2) is 0 Å². The van der Waals surface area contributed by atoms with Gasteiger partial charge in [0, 0.05) is 13.6 Å². The first-order valence-electron chi connectivity index (χ1n) is 6.39. The Morgan fingerprint density at radius 3 is 2.53 bits per heavy atom. The Bertz CT molecular complexity index is 321. The summed E-state index contributed by atoms with van der Waals surface area (Å²) in [4.78, 5) is 6.51. The SMILES string of the molecule is CC[C@H](O)c1ccc(N(C)CCC(C)C)cn1. The summed E-state index contributed by atoms with van der Waals surface area (Å²) >= 11 is 0. The molecule has 1 atom stereocenters. The van der Waals surface area contributed by atoms with Crippen LogP contribution in [0.15, 0.2) is 18.3 Å². The van der Waals surface area contributed by atoms with E-state index in [9.17, 15) is 5.11 Å². The molecular weight excluding hydrogens is 212 g/mol. The van der Waals surface area contributed by atoms with Gasteiger partial charge >= 0.3 is 0 Å². The van der Waals surface area contributed by atoms with Crippen LogP contribution in [0.3, 0.4) is 0 Å². The van der Waals surface area contributed by atoms with E-state index in [1.54, 1.807) is 0 Å². The van der Waals surface area contributed by atoms with Crippen molar-refractivity contribution in [2.75, 3.05) is 18.5 Å². The van der Waals surface area contributed by atoms with E-state index in [0.29, 0.717) is 12.3 Å². The molecule has 1 N–H and O–H groups in total. The number of anilines is 1. The van der Waals surface area contributed by atoms with Crippen LogP contribution in [0.25, 0.3) is 0 Å². The number of nitrogens with zero attached hydrogens (tertiary/aromatic N) is 2. The number of rotatable bonds is 6. The predicted molar refractivity (Wildman–Crippen MR) is 72.2 cm³/mol. The van der Waals surface area contributed by atoms with Crippen molar-refractivity contribution >= 4 is 5.69 Å². The Morgan fingerprint density at radius 2 is 2.06 bits per heavy atom. The van der Waals surface area contributed by atoms with Crippen molar-refractivity contribution in [3.05, 3.63) is 24.0 Å². The summed E-state index contributed by atoms with van der Waals surface area (Å²) in [5.41, 5.74) is 1.87. The molecule has 0 fully saturated rings. The molecular formula is C14H24N2O. The lowest BCUT2D eigenvalue weighted by Crippen LogP contribution is -2.20. The van der Waals surface area contributed by atoms with E-state index in [2.05, 4.69) is 30.8 Å². The Hall–Kier alpha value is -1.09. The molecule has 3 nitrogen and oxygen atoms in total. The highest BCUT2D eigenvalue weighted by molar-refractivity contribution is 5.43. The van der Waals surface area contributed by atoms with Crippen LogP contribution >= 0.6 is 0 Å². The van der Waals surface area contributed by atoms with Crippen LogP contribution in [-0.4, -0.2) is 23.7 Å². The normalized spacial score (nSPS) is 12.8. The van der Waals surface area contributed by atoms with Crippen LogP contribution in [0, 0.1) is 5.92 Å². The number of aliphatic hydroxyl groups excluding tert-OH is 1. The van der Waals surface area contributed by atoms with Gasteiger partial charge in [0.1, 0.15) is 0 Å². The van der Waals surface area contributed by atoms with Crippen LogP contribution in [0.5, 0.6) is 0 Å². The second kappa shape index (κ2) is 6.60. The summed E-state index contributed by atoms with van der Waals surface area (Å²) in [6.07, 6.45) is 3.28. The number of aromatic nitrogens is 1. The maximum Gasteiger partial charge on any atom is 0.0957 e. The molecule has 0 aliphatic heterocycles. The lowest BCUT2D eigenvalue weighted by molar-refractivity contribution is 0.169. The molecule has 3 heteroatoms. The van der Waals surface area contributed by atoms with Gasteiger partial charge in [-0.15, -0.1) is 0 Å². The van der Waals surface area contributed by atoms with Crippen LogP contribution in [-0.2, 0) is 0 Å². The molecule has 0 amide bonds. The quantitative estimate of drug-likeness (QED) is 0.825. The highest BCUT2D eigenvalue weighted by Crippen LogP contribution is 2.18. The second-order valence-electron chi connectivity index (χ2n) is 4.97. The Labute approximate surface area is 104 Å². The minimum absolute atomic E-state index is 0.440. The van der Waals surface area contributed by atoms with Gasteiger partial charge in [0.25, 0.3) is 0 Å². The molecule has 0 aliphatic rings. The lowest BCUT2D eigenvalue weighted by atomic mass is 10.1. The van der Waals surface area contributed by atoms with E-state index >= 15 is 0 Å². The summed E-state index contributed by atoms with van der Waals surface area (Å²) in [5, 5.41) is 9.66. The average molecular weight is 236 g/mol. The Balaban J connectivity index is 2.60. The monoisotopic (exact) mass is 236 g/mol. The molecule has 1 aromatic rings. The lowest BCUT2D eigenvalue weighted by Gasteiger charge is -2.20. The third kappa shape index (κ3) is 4.35. The van der Waals surface area contributed by atoms with Crippen molar-refractivity contribution in [1.29, 1.82) is 0 Å². The van der Waals surface area contributed by atoms with Gasteiger partial charge in [0.05, 0.1) is 23.7 Å². The first-order valence-corrected chi connectivity index (χ1v) is 6.39. The fourth-order valence-corrected chi connectivity index (χ4v) is 1.61. The van der Waals surface area contributed by atoms with E-state index in [4.69, 9.17) is 0 Å². The molecule has 96 valence electrons. The topological polar surface area (TPSA) is 36.4 Å². The van der Waals surface area contributed by atoms with E-state index in [-0.39, 0.29) is 0 Å². The highest BCUT2D eigenvalue weighted by atomic mass is 16.3. The van der Waals surface area contributed by atoms with Crippen LogP contribution < -0.4 is 4.90 Å². The van der Waals surface area contributed by atoms with Crippen LogP contribution in [0.2, 0.25) is 0 Å². The molecule has 17 heavy (non-hydrogen) atoms. The standard InChI is InChI=1S/C14H24N2O/c1-5-14(17)13-7-6-12(10-15-13)16(4)9-8-11(2)3/h6-7,10-11,14,17H,5,8-9H2,1-4H3/t14-/m0/s1. The third-order valence-corrected chi connectivity index (χ3v) is 2.98. The van der Waals surface area contributed by atoms with Crippen molar-refractivity contribution in [2.45, 2.75) is 39.7 Å². The van der Waals surface area contributed by atoms with Gasteiger partial charge in [0.15, 0.2) is 0 Å². The first-order chi connectivity index (χ1) is 8.04. The summed E-state index contributed by atoms with van der Waals surface area (Å²) in [6.45, 7) is 7.45. The molecule has 1 heterocycles. The van der Waals surface area contributed by atoms with Gasteiger partial charge < -0.3 is 10.0 Å². The second-order valence-corrected chi connectivity index (χ2v) is 4.97. The van der Waals surface area contributed by atoms with Crippen LogP contribution in [0.4, 0.5) is 5.69 Å². The number of pyridine rings is 1. The van der Waals surface area contributed by atoms with Gasteiger partial charge in [-0.05, 0) is 30.9 Å². The summed E-state index contributed by atoms with van der Waals surface area (Å²) < 4.78 is 0. The maximum atomic E-state index is 9.66. The summed E-state index contributed by atoms with van der Waals surface area (Å²) in [7, 11) is 2.08. The fraction of sp³-hybridized carbons (Fsp3) is 0.643. The molecule has 1 aromatic heterocycles. The molecule has 0 saturated carbocycles. The molecule has 0 aromatic carbocycles. The van der Waals surface area contributed by atoms with Crippen molar-refractivity contribution in [3.8, 4) is 0 Å². The van der Waals surface area contributed by atoms with Gasteiger partial charge in [-0.3, -0.25) is 4.98 Å². The smallest absolute Gasteiger partial charge is 0.0957 e. The molecule has 0 bridgehead atoms. The highest BCUT2D eigenvalue weighted by Gasteiger charge is 2.07. The van der Waals surface area contributed by atoms with Crippen molar-refractivity contribution in [3.63, 3.8) is 0 Å². The predicted octanol–water partition coefficient (Wildman–Crippen LogP) is 3.01. The molecule has 0 saturated heterocycles. The zero-order valence-corrected chi connectivity index (χ0v) is 11.3. The summed E-state index contributed by atoms with van der Waals surface area (Å²) in [5.74, 6) is 0.714. The molecule has 0 radical (unpaired) electrons. The Kier molecular flexibility index (Phi) is 5.42. The van der Waals surface area contributed by atoms with Gasteiger partial charge in [-0.2, -0.15) is 0 Å². The van der Waals surface area contributed by atoms with Gasteiger partial charge in [-0.1, -0.05) is 20.8 Å². The third-order valence-electron chi connectivity index (χ3n) is 2.98. The zero-order valence-electron chi connectivity index (χ0n) is 11.3. The minimum Gasteiger partial charge on any atom is -0.387 e. The van der Waals surface area contributed by atoms with E-state index in [0.717, 1.165) is 17.9 Å². The molecule has 0 unspecified atom stereocenters. The summed E-state index contributed by atoms with van der Waals surface area (Å²) in [6, 6.07) is 3.94. The average Bonchev–Trinajstić information content (AvgIpc) is 2.35. The molecule has 0 aliphatic carbocycles.